The molecule has 0 aromatic heterocycles. The van der Waals surface area contributed by atoms with E-state index in [2.05, 4.69) is 0 Å². The lowest BCUT2D eigenvalue weighted by Crippen LogP contribution is -2.44. The van der Waals surface area contributed by atoms with Crippen molar-refractivity contribution >= 4 is 10.2 Å². The van der Waals surface area contributed by atoms with Gasteiger partial charge in [-0.2, -0.15) is 12.7 Å². The summed E-state index contributed by atoms with van der Waals surface area (Å²) in [4.78, 5) is 0. The Labute approximate surface area is 81.3 Å². The lowest BCUT2D eigenvalue weighted by atomic mass is 10.2. The molecule has 0 amide bonds. The van der Waals surface area contributed by atoms with Crippen LogP contribution in [0.15, 0.2) is 0 Å². The van der Waals surface area contributed by atoms with Gasteiger partial charge in [0.2, 0.25) is 0 Å². The third-order valence-electron chi connectivity index (χ3n) is 2.33. The van der Waals surface area contributed by atoms with Gasteiger partial charge < -0.3 is 0 Å². The van der Waals surface area contributed by atoms with E-state index in [1.165, 1.54) is 4.31 Å². The summed E-state index contributed by atoms with van der Waals surface area (Å²) < 4.78 is 23.5. The summed E-state index contributed by atoms with van der Waals surface area (Å²) in [7, 11) is -3.80. The smallest absolute Gasteiger partial charge is 0.194 e. The van der Waals surface area contributed by atoms with Gasteiger partial charge in [0.15, 0.2) is 0 Å². The van der Waals surface area contributed by atoms with Crippen molar-refractivity contribution in [1.29, 1.82) is 0 Å². The van der Waals surface area contributed by atoms with Crippen LogP contribution in [0, 0.1) is 0 Å². The quantitative estimate of drug-likeness (QED) is 0.684. The molecule has 0 aromatic carbocycles. The Kier molecular flexibility index (Phi) is 4.88. The Hall–Kier alpha value is -0.130. The van der Waals surface area contributed by atoms with Crippen molar-refractivity contribution in [3.05, 3.63) is 0 Å². The zero-order valence-electron chi connectivity index (χ0n) is 8.74. The van der Waals surface area contributed by atoms with Crippen molar-refractivity contribution < 1.29 is 8.42 Å². The molecule has 0 bridgehead atoms. The normalized spacial score (nSPS) is 17.4. The monoisotopic (exact) mass is 207 g/mol. The second kappa shape index (κ2) is 4.93. The molecule has 2 atom stereocenters. The average Bonchev–Trinajstić information content (AvgIpc) is 2.01. The Morgan fingerprint density at radius 3 is 1.62 bits per heavy atom. The summed E-state index contributed by atoms with van der Waals surface area (Å²) in [5.74, 6) is 0. The van der Waals surface area contributed by atoms with E-state index in [4.69, 9.17) is 5.14 Å². The summed E-state index contributed by atoms with van der Waals surface area (Å²) in [6, 6.07) is -0.171. The van der Waals surface area contributed by atoms with Crippen LogP contribution in [0.25, 0.3) is 0 Å². The molecular weight excluding hydrogens is 188 g/mol. The predicted octanol–water partition coefficient (Wildman–Crippen LogP) is 1.41. The minimum absolute atomic E-state index is 0.0857. The van der Waals surface area contributed by atoms with Crippen LogP contribution < -0.4 is 5.14 Å². The van der Waals surface area contributed by atoms with Crippen LogP contribution in [0.2, 0.25) is 0 Å². The highest BCUT2D eigenvalue weighted by atomic mass is 32.2. The highest BCUT2D eigenvalue weighted by Crippen LogP contribution is 2.14. The first-order valence-corrected chi connectivity index (χ1v) is 6.06. The molecular formula is C8H19N2O2S. The molecule has 0 fully saturated rings. The molecule has 0 rings (SSSR count). The fourth-order valence-electron chi connectivity index (χ4n) is 1.27. The van der Waals surface area contributed by atoms with Gasteiger partial charge in [-0.25, -0.2) is 0 Å². The van der Waals surface area contributed by atoms with Crippen LogP contribution in [-0.4, -0.2) is 24.8 Å². The van der Waals surface area contributed by atoms with Gasteiger partial charge in [-0.1, -0.05) is 13.8 Å². The molecule has 2 unspecified atom stereocenters. The lowest BCUT2D eigenvalue weighted by Gasteiger charge is -2.30. The molecule has 1 radical (unpaired) electrons. The fraction of sp³-hybridized carbons (Fsp3) is 1.00. The molecule has 1 N–H and O–H groups in total. The fourth-order valence-corrected chi connectivity index (χ4v) is 2.51. The Bertz CT molecular complexity index is 229. The molecule has 0 saturated heterocycles. The molecule has 13 heavy (non-hydrogen) atoms. The lowest BCUT2D eigenvalue weighted by molar-refractivity contribution is 0.262. The number of hydrogen-bond donors (Lipinski definition) is 0. The van der Waals surface area contributed by atoms with Crippen LogP contribution in [0.1, 0.15) is 40.5 Å². The molecule has 4 nitrogen and oxygen atoms in total. The van der Waals surface area contributed by atoms with Crippen molar-refractivity contribution in [1.82, 2.24) is 9.44 Å². The zero-order valence-corrected chi connectivity index (χ0v) is 9.56. The van der Waals surface area contributed by atoms with E-state index in [0.29, 0.717) is 0 Å². The van der Waals surface area contributed by atoms with E-state index in [1.807, 2.05) is 27.7 Å². The van der Waals surface area contributed by atoms with Gasteiger partial charge in [-0.3, -0.25) is 0 Å². The Morgan fingerprint density at radius 1 is 1.15 bits per heavy atom. The standard InChI is InChI=1S/C8H19N2O2S/c1-5-7(3)10(8(4)6-2)13(9,11)12/h7-9H,5-6H2,1-4H3. The molecule has 79 valence electrons. The number of rotatable bonds is 5. The SMILES string of the molecule is CCC(C)N(C(C)CC)S([NH])(=O)=O. The Balaban J connectivity index is 4.76. The second-order valence-corrected chi connectivity index (χ2v) is 4.72. The van der Waals surface area contributed by atoms with E-state index in [1.54, 1.807) is 0 Å². The van der Waals surface area contributed by atoms with Gasteiger partial charge in [0.05, 0.1) is 0 Å². The number of nitrogens with zero attached hydrogens (tertiary/aromatic N) is 1. The maximum atomic E-state index is 11.1. The van der Waals surface area contributed by atoms with Crippen LogP contribution in [0.4, 0.5) is 0 Å². The van der Waals surface area contributed by atoms with Crippen LogP contribution in [0.3, 0.4) is 0 Å². The first kappa shape index (κ1) is 12.9. The molecule has 0 aliphatic heterocycles. The van der Waals surface area contributed by atoms with E-state index >= 15 is 0 Å². The van der Waals surface area contributed by atoms with Crippen LogP contribution >= 0.6 is 0 Å². The van der Waals surface area contributed by atoms with Gasteiger partial charge in [-0.05, 0) is 26.7 Å². The molecule has 0 saturated carbocycles. The van der Waals surface area contributed by atoms with Gasteiger partial charge >= 0.3 is 0 Å². The van der Waals surface area contributed by atoms with Crippen LogP contribution in [0.5, 0.6) is 0 Å². The first-order chi connectivity index (χ1) is 5.84. The van der Waals surface area contributed by atoms with Gasteiger partial charge in [0, 0.05) is 12.1 Å². The minimum atomic E-state index is -3.80. The highest BCUT2D eigenvalue weighted by Gasteiger charge is 2.27. The zero-order chi connectivity index (χ0) is 10.6. The predicted molar refractivity (Wildman–Crippen MR) is 53.4 cm³/mol. The van der Waals surface area contributed by atoms with Gasteiger partial charge in [0.25, 0.3) is 10.2 Å². The van der Waals surface area contributed by atoms with Crippen molar-refractivity contribution in [3.63, 3.8) is 0 Å². The van der Waals surface area contributed by atoms with E-state index in [0.717, 1.165) is 12.8 Å². The summed E-state index contributed by atoms with van der Waals surface area (Å²) in [5, 5.41) is 7.05. The molecule has 5 heteroatoms. The molecule has 0 aromatic rings. The highest BCUT2D eigenvalue weighted by molar-refractivity contribution is 7.86. The number of hydrogen-bond acceptors (Lipinski definition) is 2. The molecule has 0 aliphatic rings. The number of nitrogens with one attached hydrogen (secondary N) is 1. The van der Waals surface area contributed by atoms with E-state index in [9.17, 15) is 8.42 Å². The average molecular weight is 207 g/mol. The maximum absolute atomic E-state index is 11.1. The molecule has 0 spiro atoms. The first-order valence-electron chi connectivity index (χ1n) is 4.62. The summed E-state index contributed by atoms with van der Waals surface area (Å²) >= 11 is 0. The largest absolute Gasteiger partial charge is 0.293 e. The van der Waals surface area contributed by atoms with Gasteiger partial charge in [0.1, 0.15) is 0 Å². The van der Waals surface area contributed by atoms with Gasteiger partial charge in [-0.15, -0.1) is 5.14 Å². The van der Waals surface area contributed by atoms with Crippen molar-refractivity contribution in [2.24, 2.45) is 0 Å². The Morgan fingerprint density at radius 2 is 1.46 bits per heavy atom. The third kappa shape index (κ3) is 3.62. The van der Waals surface area contributed by atoms with E-state index < -0.39 is 10.2 Å². The van der Waals surface area contributed by atoms with E-state index in [-0.39, 0.29) is 12.1 Å². The van der Waals surface area contributed by atoms with Crippen molar-refractivity contribution in [2.45, 2.75) is 52.6 Å². The van der Waals surface area contributed by atoms with Crippen molar-refractivity contribution in [2.75, 3.05) is 0 Å². The van der Waals surface area contributed by atoms with Crippen molar-refractivity contribution in [3.8, 4) is 0 Å². The maximum Gasteiger partial charge on any atom is 0.293 e. The summed E-state index contributed by atoms with van der Waals surface area (Å²) in [6.07, 6.45) is 1.48. The third-order valence-corrected chi connectivity index (χ3v) is 3.60. The topological polar surface area (TPSA) is 61.2 Å². The summed E-state index contributed by atoms with van der Waals surface area (Å²) in [6.45, 7) is 7.51. The summed E-state index contributed by atoms with van der Waals surface area (Å²) in [5.41, 5.74) is 0. The molecule has 0 aliphatic carbocycles. The minimum Gasteiger partial charge on any atom is -0.194 e. The second-order valence-electron chi connectivity index (χ2n) is 3.35. The molecule has 0 heterocycles. The van der Waals surface area contributed by atoms with Crippen LogP contribution in [-0.2, 0) is 10.2 Å².